The van der Waals surface area contributed by atoms with Gasteiger partial charge < -0.3 is 10.5 Å². The Balaban J connectivity index is 2.37. The minimum Gasteiger partial charge on any atom is -0.619 e. The summed E-state index contributed by atoms with van der Waals surface area (Å²) in [5.41, 5.74) is 1.22. The molecule has 0 aliphatic heterocycles. The molecule has 0 aromatic carbocycles. The van der Waals surface area contributed by atoms with E-state index in [1.807, 2.05) is 19.2 Å². The van der Waals surface area contributed by atoms with E-state index in [1.54, 1.807) is 0 Å². The summed E-state index contributed by atoms with van der Waals surface area (Å²) in [6.45, 7) is 1.02. The Morgan fingerprint density at radius 3 is 2.67 bits per heavy atom. The maximum Gasteiger partial charge on any atom is 0.180 e. The van der Waals surface area contributed by atoms with E-state index in [2.05, 4.69) is 5.32 Å². The summed E-state index contributed by atoms with van der Waals surface area (Å²) in [5, 5.41) is 13.7. The molecule has 0 saturated carbocycles. The van der Waals surface area contributed by atoms with E-state index in [0.717, 1.165) is 24.1 Å². The Bertz CT molecular complexity index is 220. The first kappa shape index (κ1) is 9.00. The average molecular weight is 166 g/mol. The van der Waals surface area contributed by atoms with Crippen LogP contribution in [0.2, 0.25) is 0 Å². The second-order valence-corrected chi connectivity index (χ2v) is 2.77. The third-order valence-electron chi connectivity index (χ3n) is 1.76. The van der Waals surface area contributed by atoms with Gasteiger partial charge in [0, 0.05) is 12.1 Å². The molecule has 12 heavy (non-hydrogen) atoms. The largest absolute Gasteiger partial charge is 0.619 e. The molecule has 0 aliphatic rings. The van der Waals surface area contributed by atoms with Gasteiger partial charge in [-0.3, -0.25) is 0 Å². The molecule has 0 unspecified atom stereocenters. The van der Waals surface area contributed by atoms with Gasteiger partial charge in [0.15, 0.2) is 12.4 Å². The van der Waals surface area contributed by atoms with Gasteiger partial charge in [-0.2, -0.15) is 4.73 Å². The molecule has 0 fully saturated rings. The quantitative estimate of drug-likeness (QED) is 0.401. The van der Waals surface area contributed by atoms with Crippen molar-refractivity contribution in [2.45, 2.75) is 12.8 Å². The van der Waals surface area contributed by atoms with E-state index in [9.17, 15) is 5.21 Å². The molecule has 0 bridgehead atoms. The van der Waals surface area contributed by atoms with Gasteiger partial charge in [-0.15, -0.1) is 0 Å². The average Bonchev–Trinajstić information content (AvgIpc) is 2.09. The topological polar surface area (TPSA) is 39.0 Å². The molecule has 0 saturated heterocycles. The van der Waals surface area contributed by atoms with E-state index >= 15 is 0 Å². The first-order valence-corrected chi connectivity index (χ1v) is 4.15. The van der Waals surface area contributed by atoms with Crippen molar-refractivity contribution in [2.75, 3.05) is 13.6 Å². The summed E-state index contributed by atoms with van der Waals surface area (Å²) in [5.74, 6) is 0. The third kappa shape index (κ3) is 2.88. The molecule has 0 amide bonds. The van der Waals surface area contributed by atoms with Crippen LogP contribution in [0.1, 0.15) is 12.0 Å². The Morgan fingerprint density at radius 1 is 1.42 bits per heavy atom. The van der Waals surface area contributed by atoms with Crippen LogP contribution in [0.4, 0.5) is 0 Å². The lowest BCUT2D eigenvalue weighted by Gasteiger charge is -2.00. The zero-order chi connectivity index (χ0) is 8.81. The van der Waals surface area contributed by atoms with Crippen molar-refractivity contribution >= 4 is 0 Å². The highest BCUT2D eigenvalue weighted by Crippen LogP contribution is 1.98. The van der Waals surface area contributed by atoms with Crippen molar-refractivity contribution in [1.29, 1.82) is 0 Å². The maximum atomic E-state index is 10.7. The van der Waals surface area contributed by atoms with Crippen molar-refractivity contribution in [3.63, 3.8) is 0 Å². The summed E-state index contributed by atoms with van der Waals surface area (Å²) >= 11 is 0. The van der Waals surface area contributed by atoms with Gasteiger partial charge in [-0.05, 0) is 32.0 Å². The lowest BCUT2D eigenvalue weighted by molar-refractivity contribution is -0.605. The monoisotopic (exact) mass is 166 g/mol. The molecule has 0 radical (unpaired) electrons. The highest BCUT2D eigenvalue weighted by molar-refractivity contribution is 5.07. The van der Waals surface area contributed by atoms with Gasteiger partial charge >= 0.3 is 0 Å². The molecule has 0 atom stereocenters. The number of hydrogen-bond donors (Lipinski definition) is 1. The third-order valence-corrected chi connectivity index (χ3v) is 1.76. The summed E-state index contributed by atoms with van der Waals surface area (Å²) in [6.07, 6.45) is 5.21. The van der Waals surface area contributed by atoms with Crippen LogP contribution in [0, 0.1) is 5.21 Å². The van der Waals surface area contributed by atoms with Crippen LogP contribution in [-0.2, 0) is 6.42 Å². The molecule has 1 N–H and O–H groups in total. The standard InChI is InChI=1S/C9H14N2O/c1-10-6-2-3-9-4-7-11(12)8-5-9/h4-5,7-8,10H,2-3,6H2,1H3. The second kappa shape index (κ2) is 4.72. The fourth-order valence-electron chi connectivity index (χ4n) is 1.08. The van der Waals surface area contributed by atoms with Crippen LogP contribution >= 0.6 is 0 Å². The summed E-state index contributed by atoms with van der Waals surface area (Å²) in [7, 11) is 1.94. The second-order valence-electron chi connectivity index (χ2n) is 2.77. The summed E-state index contributed by atoms with van der Waals surface area (Å²) < 4.78 is 0.807. The van der Waals surface area contributed by atoms with Crippen LogP contribution < -0.4 is 10.0 Å². The van der Waals surface area contributed by atoms with E-state index < -0.39 is 0 Å². The number of aryl methyl sites for hydroxylation is 1. The predicted octanol–water partition coefficient (Wildman–Crippen LogP) is 0.472. The Labute approximate surface area is 72.6 Å². The number of nitrogens with zero attached hydrogens (tertiary/aromatic N) is 1. The summed E-state index contributed by atoms with van der Waals surface area (Å²) in [4.78, 5) is 0. The molecule has 1 aromatic rings. The molecule has 3 heteroatoms. The molecule has 0 spiro atoms. The molecule has 0 aliphatic carbocycles. The Kier molecular flexibility index (Phi) is 3.54. The molecule has 1 aromatic heterocycles. The van der Waals surface area contributed by atoms with Crippen molar-refractivity contribution in [3.8, 4) is 0 Å². The fourth-order valence-corrected chi connectivity index (χ4v) is 1.08. The lowest BCUT2D eigenvalue weighted by atomic mass is 10.1. The fraction of sp³-hybridized carbons (Fsp3) is 0.444. The van der Waals surface area contributed by atoms with Crippen LogP contribution in [0.5, 0.6) is 0 Å². The van der Waals surface area contributed by atoms with Gasteiger partial charge in [0.1, 0.15) is 0 Å². The molecular weight excluding hydrogens is 152 g/mol. The van der Waals surface area contributed by atoms with Crippen molar-refractivity contribution in [2.24, 2.45) is 0 Å². The number of rotatable bonds is 4. The minimum absolute atomic E-state index is 0.807. The first-order chi connectivity index (χ1) is 5.83. The number of nitrogens with one attached hydrogen (secondary N) is 1. The maximum absolute atomic E-state index is 10.7. The normalized spacial score (nSPS) is 10.1. The minimum atomic E-state index is 0.807. The van der Waals surface area contributed by atoms with Crippen molar-refractivity contribution < 1.29 is 4.73 Å². The highest BCUT2D eigenvalue weighted by Gasteiger charge is 1.93. The van der Waals surface area contributed by atoms with Crippen molar-refractivity contribution in [3.05, 3.63) is 35.3 Å². The highest BCUT2D eigenvalue weighted by atomic mass is 16.5. The van der Waals surface area contributed by atoms with Crippen molar-refractivity contribution in [1.82, 2.24) is 5.32 Å². The van der Waals surface area contributed by atoms with Gasteiger partial charge in [0.05, 0.1) is 0 Å². The molecular formula is C9H14N2O. The van der Waals surface area contributed by atoms with E-state index in [4.69, 9.17) is 0 Å². The van der Waals surface area contributed by atoms with Gasteiger partial charge in [0.2, 0.25) is 0 Å². The number of pyridine rings is 1. The Morgan fingerprint density at radius 2 is 2.08 bits per heavy atom. The van der Waals surface area contributed by atoms with Crippen LogP contribution in [0.15, 0.2) is 24.5 Å². The lowest BCUT2D eigenvalue weighted by Crippen LogP contribution is -2.23. The molecule has 66 valence electrons. The SMILES string of the molecule is CNCCCc1cc[n+]([O-])cc1. The van der Waals surface area contributed by atoms with Crippen LogP contribution in [0.25, 0.3) is 0 Å². The van der Waals surface area contributed by atoms with Gasteiger partial charge in [0.25, 0.3) is 0 Å². The van der Waals surface area contributed by atoms with Crippen LogP contribution in [0.3, 0.4) is 0 Å². The zero-order valence-corrected chi connectivity index (χ0v) is 7.29. The summed E-state index contributed by atoms with van der Waals surface area (Å²) in [6, 6.07) is 3.73. The molecule has 1 rings (SSSR count). The molecule has 1 heterocycles. The predicted molar refractivity (Wildman–Crippen MR) is 47.6 cm³/mol. The van der Waals surface area contributed by atoms with Gasteiger partial charge in [-0.1, -0.05) is 0 Å². The first-order valence-electron chi connectivity index (χ1n) is 4.15. The van der Waals surface area contributed by atoms with E-state index in [0.29, 0.717) is 0 Å². The van der Waals surface area contributed by atoms with Crippen LogP contribution in [-0.4, -0.2) is 13.6 Å². The molecule has 3 nitrogen and oxygen atoms in total. The van der Waals surface area contributed by atoms with E-state index in [-0.39, 0.29) is 0 Å². The smallest absolute Gasteiger partial charge is 0.180 e. The zero-order valence-electron chi connectivity index (χ0n) is 7.29. The number of hydrogen-bond acceptors (Lipinski definition) is 2. The Hall–Kier alpha value is -1.09. The van der Waals surface area contributed by atoms with E-state index in [1.165, 1.54) is 18.0 Å². The number of aromatic nitrogens is 1. The van der Waals surface area contributed by atoms with Gasteiger partial charge in [-0.25, -0.2) is 0 Å².